The summed E-state index contributed by atoms with van der Waals surface area (Å²) in [6.07, 6.45) is 0. The first-order chi connectivity index (χ1) is 8.22. The first-order valence-electron chi connectivity index (χ1n) is 5.44. The normalized spacial score (nSPS) is 12.4. The Balaban J connectivity index is 2.08. The molecule has 1 rings (SSSR count). The molecule has 0 aliphatic rings. The van der Waals surface area contributed by atoms with Crippen LogP contribution in [-0.2, 0) is 4.74 Å². The Morgan fingerprint density at radius 1 is 1.47 bits per heavy atom. The number of hydrogen-bond acceptors (Lipinski definition) is 3. The van der Waals surface area contributed by atoms with Gasteiger partial charge in [-0.1, -0.05) is 22.0 Å². The van der Waals surface area contributed by atoms with Gasteiger partial charge in [0.2, 0.25) is 0 Å². The van der Waals surface area contributed by atoms with Crippen molar-refractivity contribution in [2.75, 3.05) is 33.4 Å². The summed E-state index contributed by atoms with van der Waals surface area (Å²) < 4.78 is 11.5. The van der Waals surface area contributed by atoms with Crippen LogP contribution >= 0.6 is 27.5 Å². The van der Waals surface area contributed by atoms with Crippen molar-refractivity contribution in [2.45, 2.75) is 5.38 Å². The highest BCUT2D eigenvalue weighted by Crippen LogP contribution is 2.17. The molecule has 0 bridgehead atoms. The van der Waals surface area contributed by atoms with Gasteiger partial charge in [0.1, 0.15) is 12.4 Å². The summed E-state index contributed by atoms with van der Waals surface area (Å²) in [5, 5.41) is 3.21. The van der Waals surface area contributed by atoms with Gasteiger partial charge in [-0.05, 0) is 18.2 Å². The van der Waals surface area contributed by atoms with Gasteiger partial charge in [-0.25, -0.2) is 0 Å². The van der Waals surface area contributed by atoms with Crippen LogP contribution in [0, 0.1) is 0 Å². The fourth-order valence-electron chi connectivity index (χ4n) is 1.30. The number of halogens is 2. The summed E-state index contributed by atoms with van der Waals surface area (Å²) >= 11 is 9.36. The molecule has 5 heteroatoms. The number of nitrogens with one attached hydrogen (secondary N) is 1. The lowest BCUT2D eigenvalue weighted by molar-refractivity contribution is 0.196. The number of hydrogen-bond donors (Lipinski definition) is 1. The van der Waals surface area contributed by atoms with Crippen LogP contribution in [0.5, 0.6) is 5.75 Å². The van der Waals surface area contributed by atoms with Crippen molar-refractivity contribution in [3.63, 3.8) is 0 Å². The number of rotatable bonds is 8. The zero-order chi connectivity index (χ0) is 12.5. The van der Waals surface area contributed by atoms with Gasteiger partial charge in [0.05, 0.1) is 12.0 Å². The van der Waals surface area contributed by atoms with Crippen molar-refractivity contribution in [3.8, 4) is 5.75 Å². The molecule has 17 heavy (non-hydrogen) atoms. The molecule has 0 heterocycles. The van der Waals surface area contributed by atoms with Crippen LogP contribution in [0.25, 0.3) is 0 Å². The van der Waals surface area contributed by atoms with Crippen LogP contribution in [0.1, 0.15) is 0 Å². The average Bonchev–Trinajstić information content (AvgIpc) is 2.29. The SMILES string of the molecule is COCC(Cl)CNCCOc1cccc(Br)c1. The fraction of sp³-hybridized carbons (Fsp3) is 0.500. The van der Waals surface area contributed by atoms with E-state index in [1.165, 1.54) is 0 Å². The lowest BCUT2D eigenvalue weighted by atomic mass is 10.3. The van der Waals surface area contributed by atoms with Crippen molar-refractivity contribution in [1.82, 2.24) is 5.32 Å². The molecule has 0 saturated heterocycles. The van der Waals surface area contributed by atoms with E-state index in [1.54, 1.807) is 7.11 Å². The molecule has 0 spiro atoms. The third-order valence-corrected chi connectivity index (χ3v) is 2.83. The van der Waals surface area contributed by atoms with Crippen molar-refractivity contribution < 1.29 is 9.47 Å². The highest BCUT2D eigenvalue weighted by Gasteiger charge is 2.02. The van der Waals surface area contributed by atoms with Crippen molar-refractivity contribution in [3.05, 3.63) is 28.7 Å². The smallest absolute Gasteiger partial charge is 0.120 e. The Morgan fingerprint density at radius 2 is 2.29 bits per heavy atom. The third-order valence-electron chi connectivity index (χ3n) is 2.06. The van der Waals surface area contributed by atoms with E-state index in [9.17, 15) is 0 Å². The van der Waals surface area contributed by atoms with Crippen LogP contribution in [0.3, 0.4) is 0 Å². The van der Waals surface area contributed by atoms with Gasteiger partial charge in [-0.15, -0.1) is 11.6 Å². The van der Waals surface area contributed by atoms with Crippen molar-refractivity contribution in [1.29, 1.82) is 0 Å². The summed E-state index contributed by atoms with van der Waals surface area (Å²) in [7, 11) is 1.64. The number of alkyl halides is 1. The molecule has 0 fully saturated rings. The minimum atomic E-state index is 0.00543. The van der Waals surface area contributed by atoms with Crippen LogP contribution < -0.4 is 10.1 Å². The summed E-state index contributed by atoms with van der Waals surface area (Å²) in [5.74, 6) is 0.862. The molecule has 0 saturated carbocycles. The summed E-state index contributed by atoms with van der Waals surface area (Å²) in [5.41, 5.74) is 0. The third kappa shape index (κ3) is 6.88. The van der Waals surface area contributed by atoms with E-state index in [1.807, 2.05) is 24.3 Å². The van der Waals surface area contributed by atoms with E-state index >= 15 is 0 Å². The Kier molecular flexibility index (Phi) is 7.60. The maximum Gasteiger partial charge on any atom is 0.120 e. The van der Waals surface area contributed by atoms with Gasteiger partial charge in [-0.2, -0.15) is 0 Å². The monoisotopic (exact) mass is 321 g/mol. The number of ether oxygens (including phenoxy) is 2. The standard InChI is InChI=1S/C12H17BrClNO2/c1-16-9-11(14)8-15-5-6-17-12-4-2-3-10(13)7-12/h2-4,7,11,15H,5-6,8-9H2,1H3. The van der Waals surface area contributed by atoms with Crippen LogP contribution in [0.15, 0.2) is 28.7 Å². The van der Waals surface area contributed by atoms with Gasteiger partial charge in [-0.3, -0.25) is 0 Å². The summed E-state index contributed by atoms with van der Waals surface area (Å²) in [4.78, 5) is 0. The number of methoxy groups -OCH3 is 1. The second-order valence-corrected chi connectivity index (χ2v) is 5.10. The average molecular weight is 323 g/mol. The van der Waals surface area contributed by atoms with Crippen molar-refractivity contribution >= 4 is 27.5 Å². The second-order valence-electron chi connectivity index (χ2n) is 3.56. The van der Waals surface area contributed by atoms with Gasteiger partial charge in [0.15, 0.2) is 0 Å². The fourth-order valence-corrected chi connectivity index (χ4v) is 1.91. The van der Waals surface area contributed by atoms with E-state index in [0.29, 0.717) is 13.2 Å². The van der Waals surface area contributed by atoms with Gasteiger partial charge >= 0.3 is 0 Å². The predicted molar refractivity (Wildman–Crippen MR) is 74.0 cm³/mol. The molecular weight excluding hydrogens is 305 g/mol. The lowest BCUT2D eigenvalue weighted by Gasteiger charge is -2.10. The highest BCUT2D eigenvalue weighted by molar-refractivity contribution is 9.10. The summed E-state index contributed by atoms with van der Waals surface area (Å²) in [6.45, 7) is 2.66. The lowest BCUT2D eigenvalue weighted by Crippen LogP contribution is -2.29. The molecule has 0 aromatic heterocycles. The second kappa shape index (κ2) is 8.75. The topological polar surface area (TPSA) is 30.5 Å². The molecule has 1 unspecified atom stereocenters. The molecule has 3 nitrogen and oxygen atoms in total. The minimum Gasteiger partial charge on any atom is -0.492 e. The molecular formula is C12H17BrClNO2. The first-order valence-corrected chi connectivity index (χ1v) is 6.67. The maximum atomic E-state index is 5.96. The quantitative estimate of drug-likeness (QED) is 0.589. The van der Waals surface area contributed by atoms with Gasteiger partial charge in [0, 0.05) is 24.7 Å². The Hall–Kier alpha value is -0.290. The maximum absolute atomic E-state index is 5.96. The zero-order valence-electron chi connectivity index (χ0n) is 9.79. The summed E-state index contributed by atoms with van der Waals surface area (Å²) in [6, 6.07) is 7.78. The Labute approximate surface area is 116 Å². The number of benzene rings is 1. The van der Waals surface area contributed by atoms with Crippen LogP contribution in [-0.4, -0.2) is 38.8 Å². The van der Waals surface area contributed by atoms with Crippen molar-refractivity contribution in [2.24, 2.45) is 0 Å². The van der Waals surface area contributed by atoms with E-state index in [2.05, 4.69) is 21.2 Å². The van der Waals surface area contributed by atoms with Crippen LogP contribution in [0.4, 0.5) is 0 Å². The van der Waals surface area contributed by atoms with Crippen LogP contribution in [0.2, 0.25) is 0 Å². The molecule has 1 aromatic carbocycles. The largest absolute Gasteiger partial charge is 0.492 e. The van der Waals surface area contributed by atoms with E-state index in [0.717, 1.165) is 23.3 Å². The molecule has 0 aliphatic heterocycles. The van der Waals surface area contributed by atoms with Gasteiger partial charge < -0.3 is 14.8 Å². The highest BCUT2D eigenvalue weighted by atomic mass is 79.9. The minimum absolute atomic E-state index is 0.00543. The first kappa shape index (κ1) is 14.8. The van der Waals surface area contributed by atoms with E-state index < -0.39 is 0 Å². The molecule has 1 atom stereocenters. The molecule has 96 valence electrons. The molecule has 0 radical (unpaired) electrons. The Bertz CT molecular complexity index is 325. The van der Waals surface area contributed by atoms with E-state index in [-0.39, 0.29) is 5.38 Å². The Morgan fingerprint density at radius 3 is 3.00 bits per heavy atom. The predicted octanol–water partition coefficient (Wildman–Crippen LogP) is 2.67. The van der Waals surface area contributed by atoms with Gasteiger partial charge in [0.25, 0.3) is 0 Å². The zero-order valence-corrected chi connectivity index (χ0v) is 12.1. The van der Waals surface area contributed by atoms with E-state index in [4.69, 9.17) is 21.1 Å². The molecule has 1 aromatic rings. The molecule has 0 aliphatic carbocycles. The molecule has 0 amide bonds. The molecule has 1 N–H and O–H groups in total.